The molecule has 0 unspecified atom stereocenters. The third-order valence-electron chi connectivity index (χ3n) is 3.09. The molecule has 0 saturated heterocycles. The van der Waals surface area contributed by atoms with E-state index < -0.39 is 0 Å². The molecule has 0 aliphatic rings. The van der Waals surface area contributed by atoms with Gasteiger partial charge in [0.05, 0.1) is 11.4 Å². The molecule has 22 heavy (non-hydrogen) atoms. The first-order valence-electron chi connectivity index (χ1n) is 6.52. The maximum absolute atomic E-state index is 9.75. The van der Waals surface area contributed by atoms with Gasteiger partial charge in [-0.3, -0.25) is 0 Å². The van der Waals surface area contributed by atoms with Crippen LogP contribution in [-0.4, -0.2) is 31.8 Å². The second-order valence-electron chi connectivity index (χ2n) is 4.77. The molecule has 0 aromatic heterocycles. The van der Waals surface area contributed by atoms with E-state index in [1.54, 1.807) is 13.8 Å². The molecule has 114 valence electrons. The van der Waals surface area contributed by atoms with Gasteiger partial charge in [-0.2, -0.15) is 10.2 Å². The molecule has 2 rings (SSSR count). The van der Waals surface area contributed by atoms with Crippen molar-refractivity contribution in [2.75, 3.05) is 0 Å². The molecule has 0 atom stereocenters. The molecule has 2 aromatic carbocycles. The van der Waals surface area contributed by atoms with Crippen LogP contribution in [0.3, 0.4) is 0 Å². The summed E-state index contributed by atoms with van der Waals surface area (Å²) in [6.07, 6.45) is 0. The molecule has 0 spiro atoms. The molecule has 2 aromatic rings. The summed E-state index contributed by atoms with van der Waals surface area (Å²) in [6.45, 7) is 3.27. The first-order chi connectivity index (χ1) is 10.4. The molecule has 0 saturated carbocycles. The number of phenolic OH excluding ortho intramolecular Hbond substituents is 4. The third kappa shape index (κ3) is 3.35. The van der Waals surface area contributed by atoms with E-state index in [0.29, 0.717) is 22.6 Å². The number of phenols is 4. The van der Waals surface area contributed by atoms with Crippen LogP contribution in [-0.2, 0) is 0 Å². The number of nitrogens with zero attached hydrogens (tertiary/aromatic N) is 2. The number of hydrogen-bond donors (Lipinski definition) is 4. The zero-order chi connectivity index (χ0) is 16.3. The van der Waals surface area contributed by atoms with Crippen molar-refractivity contribution in [3.63, 3.8) is 0 Å². The molecule has 0 aliphatic carbocycles. The Hall–Kier alpha value is -3.02. The summed E-state index contributed by atoms with van der Waals surface area (Å²) < 4.78 is 0. The average Bonchev–Trinajstić information content (AvgIpc) is 2.49. The van der Waals surface area contributed by atoms with E-state index in [9.17, 15) is 20.4 Å². The summed E-state index contributed by atoms with van der Waals surface area (Å²) in [5.74, 6) is -0.0263. The normalized spacial score (nSPS) is 12.5. The monoisotopic (exact) mass is 300 g/mol. The summed E-state index contributed by atoms with van der Waals surface area (Å²) in [5, 5.41) is 46.4. The standard InChI is InChI=1S/C16H16N2O4/c1-9(13-7-11(19)3-5-15(13)21)17-18-10(2)14-8-12(20)4-6-16(14)22/h3-8,19-22H,1-2H3. The van der Waals surface area contributed by atoms with Gasteiger partial charge in [-0.05, 0) is 50.2 Å². The molecule has 0 amide bonds. The Bertz CT molecular complexity index is 701. The van der Waals surface area contributed by atoms with Crippen LogP contribution in [0.5, 0.6) is 23.0 Å². The van der Waals surface area contributed by atoms with E-state index in [1.807, 2.05) is 0 Å². The molecule has 0 radical (unpaired) electrons. The summed E-state index contributed by atoms with van der Waals surface area (Å²) in [4.78, 5) is 0. The van der Waals surface area contributed by atoms with Gasteiger partial charge >= 0.3 is 0 Å². The molecule has 0 bridgehead atoms. The lowest BCUT2D eigenvalue weighted by Gasteiger charge is -2.05. The predicted molar refractivity (Wildman–Crippen MR) is 84.0 cm³/mol. The van der Waals surface area contributed by atoms with Crippen LogP contribution in [0.1, 0.15) is 25.0 Å². The Labute approximate surface area is 127 Å². The maximum Gasteiger partial charge on any atom is 0.124 e. The minimum atomic E-state index is -0.0212. The smallest absolute Gasteiger partial charge is 0.124 e. The molecule has 6 nitrogen and oxygen atoms in total. The third-order valence-corrected chi connectivity index (χ3v) is 3.09. The van der Waals surface area contributed by atoms with Gasteiger partial charge < -0.3 is 20.4 Å². The van der Waals surface area contributed by atoms with Crippen molar-refractivity contribution in [2.24, 2.45) is 10.2 Å². The van der Waals surface area contributed by atoms with Crippen molar-refractivity contribution >= 4 is 11.4 Å². The van der Waals surface area contributed by atoms with Crippen LogP contribution in [0.2, 0.25) is 0 Å². The Morgan fingerprint density at radius 1 is 0.682 bits per heavy atom. The van der Waals surface area contributed by atoms with Gasteiger partial charge in [-0.15, -0.1) is 0 Å². The fourth-order valence-electron chi connectivity index (χ4n) is 1.89. The van der Waals surface area contributed by atoms with Gasteiger partial charge in [0.1, 0.15) is 23.0 Å². The molecule has 4 N–H and O–H groups in total. The Morgan fingerprint density at radius 2 is 1.05 bits per heavy atom. The van der Waals surface area contributed by atoms with Crippen molar-refractivity contribution in [3.05, 3.63) is 47.5 Å². The fourth-order valence-corrected chi connectivity index (χ4v) is 1.89. The van der Waals surface area contributed by atoms with Crippen molar-refractivity contribution in [1.82, 2.24) is 0 Å². The van der Waals surface area contributed by atoms with E-state index >= 15 is 0 Å². The lowest BCUT2D eigenvalue weighted by molar-refractivity contribution is 0.459. The molecule has 0 aliphatic heterocycles. The predicted octanol–water partition coefficient (Wildman–Crippen LogP) is 2.74. The van der Waals surface area contributed by atoms with Crippen LogP contribution in [0, 0.1) is 0 Å². The largest absolute Gasteiger partial charge is 0.508 e. The number of aromatic hydroxyl groups is 4. The average molecular weight is 300 g/mol. The highest BCUT2D eigenvalue weighted by atomic mass is 16.3. The Balaban J connectivity index is 2.36. The van der Waals surface area contributed by atoms with Crippen LogP contribution < -0.4 is 0 Å². The van der Waals surface area contributed by atoms with Crippen LogP contribution in [0.4, 0.5) is 0 Å². The highest BCUT2D eigenvalue weighted by Gasteiger charge is 2.08. The van der Waals surface area contributed by atoms with Crippen LogP contribution >= 0.6 is 0 Å². The highest BCUT2D eigenvalue weighted by molar-refractivity contribution is 6.04. The Morgan fingerprint density at radius 3 is 1.41 bits per heavy atom. The van der Waals surface area contributed by atoms with Gasteiger partial charge in [-0.25, -0.2) is 0 Å². The lowest BCUT2D eigenvalue weighted by atomic mass is 10.1. The number of rotatable bonds is 3. The maximum atomic E-state index is 9.75. The second kappa shape index (κ2) is 6.17. The first kappa shape index (κ1) is 15.4. The van der Waals surface area contributed by atoms with Gasteiger partial charge in [-0.1, -0.05) is 0 Å². The summed E-state index contributed by atoms with van der Waals surface area (Å²) >= 11 is 0. The minimum Gasteiger partial charge on any atom is -0.508 e. The van der Waals surface area contributed by atoms with E-state index in [-0.39, 0.29) is 23.0 Å². The Kier molecular flexibility index (Phi) is 4.31. The van der Waals surface area contributed by atoms with Gasteiger partial charge in [0.25, 0.3) is 0 Å². The van der Waals surface area contributed by atoms with E-state index in [0.717, 1.165) is 0 Å². The van der Waals surface area contributed by atoms with E-state index in [2.05, 4.69) is 10.2 Å². The SMILES string of the molecule is CC(=NN=C(C)c1cc(O)ccc1O)c1cc(O)ccc1O. The first-order valence-corrected chi connectivity index (χ1v) is 6.52. The van der Waals surface area contributed by atoms with Gasteiger partial charge in [0, 0.05) is 11.1 Å². The summed E-state index contributed by atoms with van der Waals surface area (Å²) in [7, 11) is 0. The van der Waals surface area contributed by atoms with Crippen molar-refractivity contribution in [3.8, 4) is 23.0 Å². The minimum absolute atomic E-state index is 0.00803. The van der Waals surface area contributed by atoms with Gasteiger partial charge in [0.2, 0.25) is 0 Å². The van der Waals surface area contributed by atoms with E-state index in [4.69, 9.17) is 0 Å². The number of benzene rings is 2. The number of hydrogen-bond acceptors (Lipinski definition) is 6. The van der Waals surface area contributed by atoms with Crippen LogP contribution in [0.15, 0.2) is 46.6 Å². The summed E-state index contributed by atoms with van der Waals surface area (Å²) in [6, 6.07) is 8.22. The van der Waals surface area contributed by atoms with Crippen molar-refractivity contribution in [2.45, 2.75) is 13.8 Å². The van der Waals surface area contributed by atoms with Crippen molar-refractivity contribution < 1.29 is 20.4 Å². The van der Waals surface area contributed by atoms with Crippen molar-refractivity contribution in [1.29, 1.82) is 0 Å². The summed E-state index contributed by atoms with van der Waals surface area (Å²) in [5.41, 5.74) is 1.51. The molecule has 0 fully saturated rings. The van der Waals surface area contributed by atoms with Gasteiger partial charge in [0.15, 0.2) is 0 Å². The van der Waals surface area contributed by atoms with E-state index in [1.165, 1.54) is 36.4 Å². The molecular formula is C16H16N2O4. The lowest BCUT2D eigenvalue weighted by Crippen LogP contribution is -1.98. The molecule has 6 heteroatoms. The fraction of sp³-hybridized carbons (Fsp3) is 0.125. The van der Waals surface area contributed by atoms with Crippen LogP contribution in [0.25, 0.3) is 0 Å². The zero-order valence-electron chi connectivity index (χ0n) is 12.1. The molecular weight excluding hydrogens is 284 g/mol. The second-order valence-corrected chi connectivity index (χ2v) is 4.77. The highest BCUT2D eigenvalue weighted by Crippen LogP contribution is 2.24. The molecule has 0 heterocycles. The zero-order valence-corrected chi connectivity index (χ0v) is 12.1. The quantitative estimate of drug-likeness (QED) is 0.397. The topological polar surface area (TPSA) is 106 Å².